The first-order valence-corrected chi connectivity index (χ1v) is 7.68. The molecule has 0 saturated carbocycles. The minimum Gasteiger partial charge on any atom is -0.371 e. The molecule has 0 aromatic carbocycles. The molecule has 2 rings (SSSR count). The predicted molar refractivity (Wildman–Crippen MR) is 76.6 cm³/mol. The van der Waals surface area contributed by atoms with Crippen molar-refractivity contribution in [3.8, 4) is 0 Å². The zero-order valence-electron chi connectivity index (χ0n) is 10.6. The number of thiophene rings is 1. The van der Waals surface area contributed by atoms with E-state index in [-0.39, 0.29) is 6.10 Å². The molecule has 0 aliphatic carbocycles. The van der Waals surface area contributed by atoms with E-state index in [0.717, 1.165) is 19.6 Å². The van der Waals surface area contributed by atoms with Crippen molar-refractivity contribution in [3.63, 3.8) is 0 Å². The lowest BCUT2D eigenvalue weighted by atomic mass is 9.85. The predicted octanol–water partition coefficient (Wildman–Crippen LogP) is 3.98. The van der Waals surface area contributed by atoms with Crippen molar-refractivity contribution in [1.82, 2.24) is 5.32 Å². The molecule has 1 aliphatic rings. The third-order valence-electron chi connectivity index (χ3n) is 3.23. The molecule has 0 radical (unpaired) electrons. The molecule has 2 nitrogen and oxygen atoms in total. The molecule has 0 amide bonds. The van der Waals surface area contributed by atoms with Crippen LogP contribution in [0.25, 0.3) is 0 Å². The standard InChI is InChI=1S/C13H20BrNOS/c1-13(2,3)11-6-7-16-9(8-15-11)10-4-5-12(14)17-10/h4-5,9,11,15H,6-8H2,1-3H3. The van der Waals surface area contributed by atoms with Crippen LogP contribution in [-0.2, 0) is 4.74 Å². The summed E-state index contributed by atoms with van der Waals surface area (Å²) in [7, 11) is 0. The van der Waals surface area contributed by atoms with Gasteiger partial charge in [-0.05, 0) is 39.9 Å². The Balaban J connectivity index is 2.01. The van der Waals surface area contributed by atoms with Gasteiger partial charge in [0.1, 0.15) is 6.10 Å². The molecule has 1 aromatic rings. The van der Waals surface area contributed by atoms with Crippen LogP contribution in [0.5, 0.6) is 0 Å². The van der Waals surface area contributed by atoms with Crippen LogP contribution in [0, 0.1) is 5.41 Å². The molecular formula is C13H20BrNOS. The minimum atomic E-state index is 0.207. The third kappa shape index (κ3) is 3.53. The van der Waals surface area contributed by atoms with E-state index < -0.39 is 0 Å². The molecule has 2 heterocycles. The fourth-order valence-electron chi connectivity index (χ4n) is 2.16. The molecule has 2 unspecified atom stereocenters. The topological polar surface area (TPSA) is 21.3 Å². The van der Waals surface area contributed by atoms with E-state index in [0.29, 0.717) is 11.5 Å². The maximum Gasteiger partial charge on any atom is 0.104 e. The summed E-state index contributed by atoms with van der Waals surface area (Å²) in [6, 6.07) is 4.78. The Bertz CT molecular complexity index is 372. The molecule has 1 N–H and O–H groups in total. The maximum atomic E-state index is 5.95. The molecule has 1 aliphatic heterocycles. The Hall–Kier alpha value is 0.1000. The van der Waals surface area contributed by atoms with Gasteiger partial charge in [0.05, 0.1) is 3.79 Å². The highest BCUT2D eigenvalue weighted by molar-refractivity contribution is 9.11. The van der Waals surface area contributed by atoms with Crippen LogP contribution in [0.4, 0.5) is 0 Å². The van der Waals surface area contributed by atoms with Crippen molar-refractivity contribution in [2.75, 3.05) is 13.2 Å². The average molecular weight is 318 g/mol. The zero-order chi connectivity index (χ0) is 12.5. The van der Waals surface area contributed by atoms with Gasteiger partial charge in [0.2, 0.25) is 0 Å². The summed E-state index contributed by atoms with van der Waals surface area (Å²) >= 11 is 5.27. The number of hydrogen-bond donors (Lipinski definition) is 1. The summed E-state index contributed by atoms with van der Waals surface area (Å²) in [5, 5.41) is 3.65. The van der Waals surface area contributed by atoms with Gasteiger partial charge in [-0.15, -0.1) is 11.3 Å². The van der Waals surface area contributed by atoms with E-state index in [2.05, 4.69) is 54.2 Å². The van der Waals surface area contributed by atoms with Crippen LogP contribution < -0.4 is 5.32 Å². The molecule has 0 spiro atoms. The van der Waals surface area contributed by atoms with E-state index in [4.69, 9.17) is 4.74 Å². The smallest absolute Gasteiger partial charge is 0.104 e. The van der Waals surface area contributed by atoms with Crippen LogP contribution in [-0.4, -0.2) is 19.2 Å². The van der Waals surface area contributed by atoms with Crippen LogP contribution in [0.15, 0.2) is 15.9 Å². The lowest BCUT2D eigenvalue weighted by Gasteiger charge is -2.30. The van der Waals surface area contributed by atoms with Crippen molar-refractivity contribution >= 4 is 27.3 Å². The second-order valence-electron chi connectivity index (χ2n) is 5.62. The highest BCUT2D eigenvalue weighted by Gasteiger charge is 2.28. The fraction of sp³-hybridized carbons (Fsp3) is 0.692. The Kier molecular flexibility index (Phi) is 4.29. The van der Waals surface area contributed by atoms with Crippen LogP contribution in [0.3, 0.4) is 0 Å². The van der Waals surface area contributed by atoms with Crippen molar-refractivity contribution in [3.05, 3.63) is 20.8 Å². The van der Waals surface area contributed by atoms with Gasteiger partial charge in [-0.3, -0.25) is 0 Å². The second-order valence-corrected chi connectivity index (χ2v) is 8.11. The largest absolute Gasteiger partial charge is 0.371 e. The van der Waals surface area contributed by atoms with Crippen LogP contribution in [0.2, 0.25) is 0 Å². The van der Waals surface area contributed by atoms with E-state index in [1.807, 2.05) is 0 Å². The number of halogens is 1. The minimum absolute atomic E-state index is 0.207. The van der Waals surface area contributed by atoms with Crippen molar-refractivity contribution in [2.45, 2.75) is 39.3 Å². The van der Waals surface area contributed by atoms with Crippen molar-refractivity contribution in [1.29, 1.82) is 0 Å². The highest BCUT2D eigenvalue weighted by Crippen LogP contribution is 2.32. The summed E-state index contributed by atoms with van der Waals surface area (Å²) in [4.78, 5) is 1.30. The van der Waals surface area contributed by atoms with Gasteiger partial charge < -0.3 is 10.1 Å². The van der Waals surface area contributed by atoms with Gasteiger partial charge in [0, 0.05) is 24.1 Å². The van der Waals surface area contributed by atoms with Gasteiger partial charge in [-0.2, -0.15) is 0 Å². The molecule has 1 fully saturated rings. The van der Waals surface area contributed by atoms with Crippen LogP contribution >= 0.6 is 27.3 Å². The first-order chi connectivity index (χ1) is 7.97. The highest BCUT2D eigenvalue weighted by atomic mass is 79.9. The first kappa shape index (κ1) is 13.5. The molecule has 4 heteroatoms. The number of rotatable bonds is 1. The normalized spacial score (nSPS) is 26.8. The molecule has 96 valence electrons. The van der Waals surface area contributed by atoms with Crippen molar-refractivity contribution < 1.29 is 4.74 Å². The third-order valence-corrected chi connectivity index (χ3v) is 4.95. The van der Waals surface area contributed by atoms with Gasteiger partial charge in [-0.1, -0.05) is 20.8 Å². The maximum absolute atomic E-state index is 5.95. The van der Waals surface area contributed by atoms with Gasteiger partial charge >= 0.3 is 0 Å². The number of hydrogen-bond acceptors (Lipinski definition) is 3. The quantitative estimate of drug-likeness (QED) is 0.846. The molecule has 1 saturated heterocycles. The Morgan fingerprint density at radius 3 is 2.76 bits per heavy atom. The second kappa shape index (κ2) is 5.39. The summed E-state index contributed by atoms with van der Waals surface area (Å²) in [6.45, 7) is 8.61. The fourth-order valence-corrected chi connectivity index (χ4v) is 3.63. The SMILES string of the molecule is CC(C)(C)C1CCOC(c2ccc(Br)s2)CN1. The van der Waals surface area contributed by atoms with E-state index >= 15 is 0 Å². The van der Waals surface area contributed by atoms with Crippen molar-refractivity contribution in [2.24, 2.45) is 5.41 Å². The molecule has 1 aromatic heterocycles. The van der Waals surface area contributed by atoms with E-state index in [1.54, 1.807) is 11.3 Å². The summed E-state index contributed by atoms with van der Waals surface area (Å²) in [6.07, 6.45) is 1.30. The number of ether oxygens (including phenoxy) is 1. The van der Waals surface area contributed by atoms with Gasteiger partial charge in [-0.25, -0.2) is 0 Å². The molecular weight excluding hydrogens is 298 g/mol. The number of nitrogens with one attached hydrogen (secondary N) is 1. The Morgan fingerprint density at radius 1 is 1.41 bits per heavy atom. The molecule has 2 atom stereocenters. The van der Waals surface area contributed by atoms with E-state index in [9.17, 15) is 0 Å². The first-order valence-electron chi connectivity index (χ1n) is 6.07. The Morgan fingerprint density at radius 2 is 2.18 bits per heavy atom. The lowest BCUT2D eigenvalue weighted by Crippen LogP contribution is -2.40. The summed E-state index contributed by atoms with van der Waals surface area (Å²) < 4.78 is 7.13. The summed E-state index contributed by atoms with van der Waals surface area (Å²) in [5.41, 5.74) is 0.300. The van der Waals surface area contributed by atoms with Crippen LogP contribution in [0.1, 0.15) is 38.2 Å². The molecule has 0 bridgehead atoms. The Labute approximate surface area is 116 Å². The lowest BCUT2D eigenvalue weighted by molar-refractivity contribution is 0.0678. The zero-order valence-corrected chi connectivity index (χ0v) is 13.0. The average Bonchev–Trinajstić information content (AvgIpc) is 2.53. The van der Waals surface area contributed by atoms with Gasteiger partial charge in [0.15, 0.2) is 0 Å². The monoisotopic (exact) mass is 317 g/mol. The van der Waals surface area contributed by atoms with Gasteiger partial charge in [0.25, 0.3) is 0 Å². The van der Waals surface area contributed by atoms with E-state index in [1.165, 1.54) is 8.66 Å². The summed E-state index contributed by atoms with van der Waals surface area (Å²) in [5.74, 6) is 0. The molecule has 17 heavy (non-hydrogen) atoms.